The largest absolute Gasteiger partial charge is 0.398 e. The first kappa shape index (κ1) is 16.7. The van der Waals surface area contributed by atoms with Gasteiger partial charge < -0.3 is 11.1 Å². The van der Waals surface area contributed by atoms with Gasteiger partial charge in [-0.1, -0.05) is 24.6 Å². The Balaban J connectivity index is 3.08. The Hall–Kier alpha value is -1.31. The van der Waals surface area contributed by atoms with E-state index in [1.165, 1.54) is 26.2 Å². The smallest absolute Gasteiger partial charge is 0.246 e. The lowest BCUT2D eigenvalue weighted by atomic mass is 10.2. The number of nitrogens with two attached hydrogens (primary N) is 1. The SMILES string of the molecule is CNC(=O)C(C)CN(C)S(=O)(=O)c1c(N)cccc1Cl. The summed E-state index contributed by atoms with van der Waals surface area (Å²) < 4.78 is 26.0. The van der Waals surface area contributed by atoms with E-state index in [0.29, 0.717) is 0 Å². The number of hydrogen-bond acceptors (Lipinski definition) is 4. The summed E-state index contributed by atoms with van der Waals surface area (Å²) in [5.41, 5.74) is 5.77. The number of carbonyl (C=O) groups excluding carboxylic acids is 1. The third-order valence-corrected chi connectivity index (χ3v) is 5.26. The van der Waals surface area contributed by atoms with E-state index >= 15 is 0 Å². The van der Waals surface area contributed by atoms with E-state index in [4.69, 9.17) is 17.3 Å². The summed E-state index contributed by atoms with van der Waals surface area (Å²) in [4.78, 5) is 11.3. The van der Waals surface area contributed by atoms with Crippen molar-refractivity contribution in [1.82, 2.24) is 9.62 Å². The lowest BCUT2D eigenvalue weighted by Gasteiger charge is -2.21. The molecule has 1 unspecified atom stereocenters. The van der Waals surface area contributed by atoms with Crippen molar-refractivity contribution in [3.05, 3.63) is 23.2 Å². The van der Waals surface area contributed by atoms with Gasteiger partial charge in [-0.3, -0.25) is 4.79 Å². The van der Waals surface area contributed by atoms with Crippen LogP contribution in [0.1, 0.15) is 6.92 Å². The average molecular weight is 320 g/mol. The van der Waals surface area contributed by atoms with Crippen LogP contribution in [0, 0.1) is 5.92 Å². The molecule has 0 fully saturated rings. The van der Waals surface area contributed by atoms with Gasteiger partial charge in [-0.25, -0.2) is 12.7 Å². The van der Waals surface area contributed by atoms with Crippen LogP contribution in [0.5, 0.6) is 0 Å². The van der Waals surface area contributed by atoms with Gasteiger partial charge in [0.05, 0.1) is 10.7 Å². The van der Waals surface area contributed by atoms with Crippen LogP contribution in [0.2, 0.25) is 5.02 Å². The highest BCUT2D eigenvalue weighted by atomic mass is 35.5. The van der Waals surface area contributed by atoms with Gasteiger partial charge in [-0.15, -0.1) is 0 Å². The van der Waals surface area contributed by atoms with E-state index in [9.17, 15) is 13.2 Å². The molecule has 0 saturated carbocycles. The summed E-state index contributed by atoms with van der Waals surface area (Å²) in [6.07, 6.45) is 0. The number of benzene rings is 1. The van der Waals surface area contributed by atoms with E-state index in [0.717, 1.165) is 4.31 Å². The fraction of sp³-hybridized carbons (Fsp3) is 0.417. The van der Waals surface area contributed by atoms with E-state index < -0.39 is 15.9 Å². The van der Waals surface area contributed by atoms with Gasteiger partial charge in [-0.2, -0.15) is 0 Å². The molecule has 0 spiro atoms. The summed E-state index contributed by atoms with van der Waals surface area (Å²) in [6.45, 7) is 1.67. The number of halogens is 1. The van der Waals surface area contributed by atoms with Crippen LogP contribution in [0.3, 0.4) is 0 Å². The first-order chi connectivity index (χ1) is 9.21. The number of nitrogens with one attached hydrogen (secondary N) is 1. The van der Waals surface area contributed by atoms with Crippen molar-refractivity contribution >= 4 is 33.2 Å². The molecule has 3 N–H and O–H groups in total. The van der Waals surface area contributed by atoms with Crippen LogP contribution in [0.25, 0.3) is 0 Å². The van der Waals surface area contributed by atoms with Gasteiger partial charge in [0.2, 0.25) is 15.9 Å². The van der Waals surface area contributed by atoms with Crippen LogP contribution in [-0.2, 0) is 14.8 Å². The van der Waals surface area contributed by atoms with Gasteiger partial charge >= 0.3 is 0 Å². The zero-order valence-electron chi connectivity index (χ0n) is 11.6. The van der Waals surface area contributed by atoms with Crippen LogP contribution in [0.4, 0.5) is 5.69 Å². The lowest BCUT2D eigenvalue weighted by Crippen LogP contribution is -2.37. The Morgan fingerprint density at radius 1 is 1.50 bits per heavy atom. The second-order valence-electron chi connectivity index (χ2n) is 4.46. The van der Waals surface area contributed by atoms with Crippen molar-refractivity contribution in [3.8, 4) is 0 Å². The van der Waals surface area contributed by atoms with E-state index in [1.807, 2.05) is 0 Å². The van der Waals surface area contributed by atoms with Crippen LogP contribution in [-0.4, -0.2) is 39.3 Å². The zero-order chi connectivity index (χ0) is 15.5. The standard InChI is InChI=1S/C12H18ClN3O3S/c1-8(12(17)15-2)7-16(3)20(18,19)11-9(13)5-4-6-10(11)14/h4-6,8H,7,14H2,1-3H3,(H,15,17). The molecular formula is C12H18ClN3O3S. The molecule has 1 aromatic rings. The van der Waals surface area contributed by atoms with Crippen molar-refractivity contribution in [2.24, 2.45) is 5.92 Å². The summed E-state index contributed by atoms with van der Waals surface area (Å²) >= 11 is 5.92. The Morgan fingerprint density at radius 2 is 2.10 bits per heavy atom. The third-order valence-electron chi connectivity index (χ3n) is 2.89. The maximum atomic E-state index is 12.5. The Labute approximate surface area is 123 Å². The summed E-state index contributed by atoms with van der Waals surface area (Å²) in [5, 5.41) is 2.53. The van der Waals surface area contributed by atoms with Gasteiger partial charge in [0.1, 0.15) is 4.90 Å². The molecular weight excluding hydrogens is 302 g/mol. The Bertz CT molecular complexity index is 584. The fourth-order valence-corrected chi connectivity index (χ4v) is 3.65. The highest BCUT2D eigenvalue weighted by Gasteiger charge is 2.28. The second-order valence-corrected chi connectivity index (χ2v) is 6.85. The maximum absolute atomic E-state index is 12.5. The number of anilines is 1. The molecule has 0 aliphatic carbocycles. The zero-order valence-corrected chi connectivity index (χ0v) is 13.1. The minimum absolute atomic E-state index is 0.0344. The molecule has 0 heterocycles. The summed E-state index contributed by atoms with van der Waals surface area (Å²) in [5.74, 6) is -0.720. The maximum Gasteiger partial charge on any atom is 0.246 e. The molecule has 0 radical (unpaired) electrons. The first-order valence-electron chi connectivity index (χ1n) is 5.93. The minimum atomic E-state index is -3.84. The monoisotopic (exact) mass is 319 g/mol. The number of nitrogens with zero attached hydrogens (tertiary/aromatic N) is 1. The molecule has 0 bridgehead atoms. The molecule has 0 aliphatic rings. The van der Waals surface area contributed by atoms with Gasteiger partial charge in [-0.05, 0) is 12.1 Å². The molecule has 6 nitrogen and oxygen atoms in total. The predicted molar refractivity (Wildman–Crippen MR) is 78.9 cm³/mol. The summed E-state index contributed by atoms with van der Waals surface area (Å²) in [6, 6.07) is 4.50. The topological polar surface area (TPSA) is 92.5 Å². The molecule has 0 aromatic heterocycles. The van der Waals surface area contributed by atoms with Gasteiger partial charge in [0.25, 0.3) is 0 Å². The number of sulfonamides is 1. The van der Waals surface area contributed by atoms with Gasteiger partial charge in [0, 0.05) is 26.6 Å². The quantitative estimate of drug-likeness (QED) is 0.789. The Morgan fingerprint density at radius 3 is 2.60 bits per heavy atom. The van der Waals surface area contributed by atoms with Crippen molar-refractivity contribution < 1.29 is 13.2 Å². The molecule has 0 saturated heterocycles. The Kier molecular flexibility index (Phi) is 5.38. The first-order valence-corrected chi connectivity index (χ1v) is 7.75. The van der Waals surface area contributed by atoms with Crippen molar-refractivity contribution in [2.75, 3.05) is 26.4 Å². The molecule has 20 heavy (non-hydrogen) atoms. The molecule has 1 rings (SSSR count). The number of amides is 1. The number of hydrogen-bond donors (Lipinski definition) is 2. The number of nitrogen functional groups attached to an aromatic ring is 1. The molecule has 8 heteroatoms. The number of rotatable bonds is 5. The molecule has 1 atom stereocenters. The van der Waals surface area contributed by atoms with Crippen LogP contribution >= 0.6 is 11.6 Å². The van der Waals surface area contributed by atoms with Crippen molar-refractivity contribution in [2.45, 2.75) is 11.8 Å². The lowest BCUT2D eigenvalue weighted by molar-refractivity contribution is -0.124. The van der Waals surface area contributed by atoms with E-state index in [-0.39, 0.29) is 28.1 Å². The second kappa shape index (κ2) is 6.43. The number of carbonyl (C=O) groups is 1. The highest BCUT2D eigenvalue weighted by molar-refractivity contribution is 7.89. The third kappa shape index (κ3) is 3.41. The fourth-order valence-electron chi connectivity index (χ4n) is 1.77. The van der Waals surface area contributed by atoms with E-state index in [1.54, 1.807) is 13.0 Å². The molecule has 112 valence electrons. The average Bonchev–Trinajstić information content (AvgIpc) is 2.36. The molecule has 1 amide bonds. The molecule has 0 aliphatic heterocycles. The predicted octanol–water partition coefficient (Wildman–Crippen LogP) is 0.925. The normalized spacial score (nSPS) is 13.2. The molecule has 1 aromatic carbocycles. The van der Waals surface area contributed by atoms with Gasteiger partial charge in [0.15, 0.2) is 0 Å². The van der Waals surface area contributed by atoms with Crippen LogP contribution < -0.4 is 11.1 Å². The van der Waals surface area contributed by atoms with E-state index in [2.05, 4.69) is 5.32 Å². The highest BCUT2D eigenvalue weighted by Crippen LogP contribution is 2.29. The van der Waals surface area contributed by atoms with Crippen molar-refractivity contribution in [1.29, 1.82) is 0 Å². The summed E-state index contributed by atoms with van der Waals surface area (Å²) in [7, 11) is -0.955. The van der Waals surface area contributed by atoms with Crippen LogP contribution in [0.15, 0.2) is 23.1 Å². The van der Waals surface area contributed by atoms with Crippen molar-refractivity contribution in [3.63, 3.8) is 0 Å². The minimum Gasteiger partial charge on any atom is -0.398 e.